The molecule has 0 amide bonds. The van der Waals surface area contributed by atoms with Crippen molar-refractivity contribution in [2.75, 3.05) is 6.61 Å². The Morgan fingerprint density at radius 1 is 0.842 bits per heavy atom. The minimum atomic E-state index is -1.01. The maximum Gasteiger partial charge on any atom is 0.341 e. The second kappa shape index (κ2) is 12.7. The number of allylic oxidation sites excluding steroid dienone is 1. The van der Waals surface area contributed by atoms with Crippen molar-refractivity contribution >= 4 is 23.0 Å². The van der Waals surface area contributed by atoms with Gasteiger partial charge in [-0.05, 0) is 53.7 Å². The third kappa shape index (κ3) is 6.46. The van der Waals surface area contributed by atoms with Gasteiger partial charge in [0.25, 0.3) is 0 Å². The number of rotatable bonds is 10. The summed E-state index contributed by atoms with van der Waals surface area (Å²) in [6.45, 7) is 6.13. The monoisotopic (exact) mass is 503 g/mol. The van der Waals surface area contributed by atoms with Crippen LogP contribution < -0.4 is 4.74 Å². The first-order valence-electron chi connectivity index (χ1n) is 12.9. The molecule has 0 bridgehead atoms. The predicted molar refractivity (Wildman–Crippen MR) is 156 cm³/mol. The summed E-state index contributed by atoms with van der Waals surface area (Å²) in [5, 5.41) is 8.99. The molecule has 0 saturated heterocycles. The van der Waals surface area contributed by atoms with Gasteiger partial charge in [-0.3, -0.25) is 4.99 Å². The highest BCUT2D eigenvalue weighted by Crippen LogP contribution is 2.36. The topological polar surface area (TPSA) is 58.9 Å². The van der Waals surface area contributed by atoms with E-state index in [0.29, 0.717) is 11.7 Å². The number of aliphatic imine (C=N–C) groups is 1. The number of carboxylic acids is 1. The van der Waals surface area contributed by atoms with E-state index < -0.39 is 5.97 Å². The van der Waals surface area contributed by atoms with Crippen LogP contribution in [0.4, 0.5) is 0 Å². The third-order valence-electron chi connectivity index (χ3n) is 6.60. The lowest BCUT2D eigenvalue weighted by Crippen LogP contribution is -2.09. The Kier molecular flexibility index (Phi) is 8.89. The van der Waals surface area contributed by atoms with Crippen LogP contribution in [0, 0.1) is 5.92 Å². The van der Waals surface area contributed by atoms with E-state index in [2.05, 4.69) is 74.5 Å². The van der Waals surface area contributed by atoms with Crippen molar-refractivity contribution in [1.29, 1.82) is 0 Å². The average Bonchev–Trinajstić information content (AvgIpc) is 2.96. The first-order valence-corrected chi connectivity index (χ1v) is 12.9. The molecule has 0 aromatic heterocycles. The second-order valence-electron chi connectivity index (χ2n) is 9.26. The Morgan fingerprint density at radius 2 is 1.47 bits per heavy atom. The SMILES string of the molecule is CCC(C)/C(=C(\N=C(C)c1ccccc1-c1cccc(OCC(=O)O)c1)c1ccccc1)c1ccccc1. The molecular formula is C34H33NO3. The minimum Gasteiger partial charge on any atom is -0.482 e. The van der Waals surface area contributed by atoms with E-state index in [4.69, 9.17) is 14.8 Å². The van der Waals surface area contributed by atoms with Gasteiger partial charge in [-0.2, -0.15) is 0 Å². The molecule has 0 saturated carbocycles. The van der Waals surface area contributed by atoms with Crippen LogP contribution in [0.15, 0.2) is 114 Å². The highest BCUT2D eigenvalue weighted by Gasteiger charge is 2.18. The van der Waals surface area contributed by atoms with E-state index in [-0.39, 0.29) is 6.61 Å². The highest BCUT2D eigenvalue weighted by atomic mass is 16.5. The van der Waals surface area contributed by atoms with Gasteiger partial charge >= 0.3 is 5.97 Å². The van der Waals surface area contributed by atoms with Gasteiger partial charge in [-0.15, -0.1) is 0 Å². The molecule has 0 heterocycles. The summed E-state index contributed by atoms with van der Waals surface area (Å²) in [5.74, 6) is -0.181. The zero-order valence-corrected chi connectivity index (χ0v) is 22.1. The van der Waals surface area contributed by atoms with Gasteiger partial charge in [0.05, 0.1) is 5.70 Å². The van der Waals surface area contributed by atoms with Crippen molar-refractivity contribution in [3.8, 4) is 16.9 Å². The van der Waals surface area contributed by atoms with E-state index >= 15 is 0 Å². The number of aliphatic carboxylic acids is 1. The number of hydrogen-bond acceptors (Lipinski definition) is 3. The van der Waals surface area contributed by atoms with Gasteiger partial charge in [0.1, 0.15) is 5.75 Å². The summed E-state index contributed by atoms with van der Waals surface area (Å²) in [7, 11) is 0. The molecule has 192 valence electrons. The van der Waals surface area contributed by atoms with Crippen molar-refractivity contribution < 1.29 is 14.6 Å². The Balaban J connectivity index is 1.87. The van der Waals surface area contributed by atoms with Crippen LogP contribution in [0.1, 0.15) is 43.9 Å². The number of carboxylic acid groups (broad SMARTS) is 1. The number of hydrogen-bond donors (Lipinski definition) is 1. The number of nitrogens with zero attached hydrogens (tertiary/aromatic N) is 1. The summed E-state index contributed by atoms with van der Waals surface area (Å²) < 4.78 is 5.43. The van der Waals surface area contributed by atoms with Crippen LogP contribution in [0.5, 0.6) is 5.75 Å². The maximum absolute atomic E-state index is 11.0. The molecule has 1 N–H and O–H groups in total. The van der Waals surface area contributed by atoms with Crippen molar-refractivity contribution in [2.45, 2.75) is 27.2 Å². The Hall–Kier alpha value is -4.44. The fourth-order valence-corrected chi connectivity index (χ4v) is 4.53. The van der Waals surface area contributed by atoms with Crippen LogP contribution in [0.2, 0.25) is 0 Å². The van der Waals surface area contributed by atoms with Crippen LogP contribution in [-0.2, 0) is 4.79 Å². The number of ether oxygens (including phenoxy) is 1. The van der Waals surface area contributed by atoms with Gasteiger partial charge in [-0.1, -0.05) is 111 Å². The third-order valence-corrected chi connectivity index (χ3v) is 6.60. The Bertz CT molecular complexity index is 1440. The molecule has 0 aliphatic carbocycles. The van der Waals surface area contributed by atoms with Crippen molar-refractivity contribution in [2.24, 2.45) is 10.9 Å². The van der Waals surface area contributed by atoms with Gasteiger partial charge < -0.3 is 9.84 Å². The lowest BCUT2D eigenvalue weighted by Gasteiger charge is -2.20. The number of benzene rings is 4. The minimum absolute atomic E-state index is 0.308. The second-order valence-corrected chi connectivity index (χ2v) is 9.26. The zero-order valence-electron chi connectivity index (χ0n) is 22.1. The van der Waals surface area contributed by atoms with Crippen LogP contribution in [0.25, 0.3) is 22.4 Å². The summed E-state index contributed by atoms with van der Waals surface area (Å²) in [5.41, 5.74) is 8.29. The summed E-state index contributed by atoms with van der Waals surface area (Å²) in [6, 6.07) is 36.5. The lowest BCUT2D eigenvalue weighted by atomic mass is 9.88. The average molecular weight is 504 g/mol. The molecule has 1 unspecified atom stereocenters. The standard InChI is InChI=1S/C34H33NO3/c1-4-24(2)33(26-14-7-5-8-15-26)34(27-16-9-6-10-17-27)35-25(3)30-20-11-12-21-31(30)28-18-13-19-29(22-28)38-23-32(36)37/h5-22,24H,4,23H2,1-3H3,(H,36,37)/b34-33+,35-25?. The van der Waals surface area contributed by atoms with E-state index in [1.54, 1.807) is 6.07 Å². The van der Waals surface area contributed by atoms with Gasteiger partial charge in [0.15, 0.2) is 6.61 Å². The molecule has 0 radical (unpaired) electrons. The van der Waals surface area contributed by atoms with Gasteiger partial charge in [-0.25, -0.2) is 4.79 Å². The molecule has 4 nitrogen and oxygen atoms in total. The largest absolute Gasteiger partial charge is 0.482 e. The molecular weight excluding hydrogens is 470 g/mol. The van der Waals surface area contributed by atoms with Gasteiger partial charge in [0, 0.05) is 16.8 Å². The molecule has 4 aromatic rings. The molecule has 0 fully saturated rings. The van der Waals surface area contributed by atoms with E-state index in [9.17, 15) is 4.79 Å². The zero-order chi connectivity index (χ0) is 26.9. The fourth-order valence-electron chi connectivity index (χ4n) is 4.53. The molecule has 0 spiro atoms. The Labute approximate surface area is 225 Å². The molecule has 38 heavy (non-hydrogen) atoms. The van der Waals surface area contributed by atoms with Crippen LogP contribution in [0.3, 0.4) is 0 Å². The summed E-state index contributed by atoms with van der Waals surface area (Å²) in [6.07, 6.45) is 0.995. The Morgan fingerprint density at radius 3 is 2.13 bits per heavy atom. The van der Waals surface area contributed by atoms with Crippen LogP contribution >= 0.6 is 0 Å². The predicted octanol–water partition coefficient (Wildman–Crippen LogP) is 8.24. The molecule has 0 aliphatic heterocycles. The van der Waals surface area contributed by atoms with Crippen molar-refractivity contribution in [3.05, 3.63) is 126 Å². The smallest absolute Gasteiger partial charge is 0.341 e. The van der Waals surface area contributed by atoms with Gasteiger partial charge in [0.2, 0.25) is 0 Å². The summed E-state index contributed by atoms with van der Waals surface area (Å²) >= 11 is 0. The fraction of sp³-hybridized carbons (Fsp3) is 0.176. The molecule has 4 heteroatoms. The van der Waals surface area contributed by atoms with E-state index in [0.717, 1.165) is 40.1 Å². The quantitative estimate of drug-likeness (QED) is 0.175. The number of carbonyl (C=O) groups is 1. The molecule has 4 rings (SSSR count). The summed E-state index contributed by atoms with van der Waals surface area (Å²) in [4.78, 5) is 16.3. The van der Waals surface area contributed by atoms with E-state index in [1.807, 2.05) is 49.4 Å². The molecule has 1 atom stereocenters. The normalized spacial score (nSPS) is 13.0. The lowest BCUT2D eigenvalue weighted by molar-refractivity contribution is -0.139. The van der Waals surface area contributed by atoms with Crippen LogP contribution in [-0.4, -0.2) is 23.4 Å². The van der Waals surface area contributed by atoms with E-state index in [1.165, 1.54) is 11.1 Å². The first-order chi connectivity index (χ1) is 18.5. The maximum atomic E-state index is 11.0. The highest BCUT2D eigenvalue weighted by molar-refractivity contribution is 6.08. The molecule has 4 aromatic carbocycles. The van der Waals surface area contributed by atoms with Crippen molar-refractivity contribution in [1.82, 2.24) is 0 Å². The molecule has 0 aliphatic rings. The first kappa shape index (κ1) is 26.6. The van der Waals surface area contributed by atoms with Crippen molar-refractivity contribution in [3.63, 3.8) is 0 Å².